The summed E-state index contributed by atoms with van der Waals surface area (Å²) in [5, 5.41) is 12.3. The Bertz CT molecular complexity index is 583. The van der Waals surface area contributed by atoms with E-state index >= 15 is 0 Å². The number of aryl methyl sites for hydroxylation is 1. The zero-order valence-corrected chi connectivity index (χ0v) is 10.4. The Morgan fingerprint density at radius 3 is 3.00 bits per heavy atom. The molecule has 0 unspecified atom stereocenters. The Morgan fingerprint density at radius 1 is 1.56 bits per heavy atom. The Labute approximate surface area is 107 Å². The van der Waals surface area contributed by atoms with Crippen LogP contribution in [-0.2, 0) is 11.2 Å². The molecule has 1 heterocycles. The van der Waals surface area contributed by atoms with Gasteiger partial charge in [-0.1, -0.05) is 6.07 Å². The quantitative estimate of drug-likeness (QED) is 0.893. The van der Waals surface area contributed by atoms with Crippen molar-refractivity contribution in [2.24, 2.45) is 0 Å². The summed E-state index contributed by atoms with van der Waals surface area (Å²) < 4.78 is 13.0. The second kappa shape index (κ2) is 5.14. The molecule has 94 valence electrons. The van der Waals surface area contributed by atoms with Crippen molar-refractivity contribution in [3.8, 4) is 0 Å². The number of rotatable bonds is 4. The van der Waals surface area contributed by atoms with Gasteiger partial charge in [0, 0.05) is 10.6 Å². The number of hydrogen-bond acceptors (Lipinski definition) is 4. The molecule has 18 heavy (non-hydrogen) atoms. The highest BCUT2D eigenvalue weighted by Gasteiger charge is 2.11. The summed E-state index contributed by atoms with van der Waals surface area (Å²) in [4.78, 5) is 15.5. The van der Waals surface area contributed by atoms with Crippen molar-refractivity contribution in [1.82, 2.24) is 4.98 Å². The van der Waals surface area contributed by atoms with Gasteiger partial charge in [0.25, 0.3) is 0 Å². The third-order valence-electron chi connectivity index (χ3n) is 2.28. The van der Waals surface area contributed by atoms with Crippen LogP contribution in [0, 0.1) is 12.7 Å². The van der Waals surface area contributed by atoms with E-state index in [4.69, 9.17) is 5.11 Å². The van der Waals surface area contributed by atoms with Crippen molar-refractivity contribution in [2.75, 3.05) is 5.32 Å². The fraction of sp³-hybridized carbons (Fsp3) is 0.167. The monoisotopic (exact) mass is 266 g/mol. The molecule has 0 saturated heterocycles. The molecule has 0 aliphatic rings. The van der Waals surface area contributed by atoms with E-state index in [1.807, 2.05) is 0 Å². The second-order valence-electron chi connectivity index (χ2n) is 3.73. The molecule has 0 radical (unpaired) electrons. The number of aromatic nitrogens is 1. The third-order valence-corrected chi connectivity index (χ3v) is 3.35. The first kappa shape index (κ1) is 12.5. The summed E-state index contributed by atoms with van der Waals surface area (Å²) in [7, 11) is 0. The van der Waals surface area contributed by atoms with E-state index in [0.717, 1.165) is 0 Å². The first-order valence-electron chi connectivity index (χ1n) is 5.25. The minimum Gasteiger partial charge on any atom is -0.481 e. The summed E-state index contributed by atoms with van der Waals surface area (Å²) in [6.45, 7) is 1.76. The van der Waals surface area contributed by atoms with Gasteiger partial charge >= 0.3 is 5.97 Å². The standard InChI is InChI=1S/C12H11FN2O2S/c1-7-10(6-11(16)17)18-12(14-7)15-9-4-2-3-8(13)5-9/h2-5H,6H2,1H3,(H,14,15)(H,16,17). The maximum atomic E-state index is 13.0. The summed E-state index contributed by atoms with van der Waals surface area (Å²) in [5.74, 6) is -1.22. The van der Waals surface area contributed by atoms with E-state index in [0.29, 0.717) is 21.4 Å². The summed E-state index contributed by atoms with van der Waals surface area (Å²) in [6.07, 6.45) is -0.0473. The van der Waals surface area contributed by atoms with Crippen molar-refractivity contribution in [3.05, 3.63) is 40.7 Å². The molecule has 0 amide bonds. The first-order valence-corrected chi connectivity index (χ1v) is 6.07. The molecule has 4 nitrogen and oxygen atoms in total. The fourth-order valence-corrected chi connectivity index (χ4v) is 2.45. The third kappa shape index (κ3) is 3.04. The number of hydrogen-bond donors (Lipinski definition) is 2. The highest BCUT2D eigenvalue weighted by Crippen LogP contribution is 2.26. The second-order valence-corrected chi connectivity index (χ2v) is 4.82. The smallest absolute Gasteiger partial charge is 0.308 e. The minimum atomic E-state index is -0.890. The maximum absolute atomic E-state index is 13.0. The van der Waals surface area contributed by atoms with E-state index in [9.17, 15) is 9.18 Å². The highest BCUT2D eigenvalue weighted by molar-refractivity contribution is 7.15. The van der Waals surface area contributed by atoms with Crippen LogP contribution in [0.3, 0.4) is 0 Å². The number of thiazole rings is 1. The van der Waals surface area contributed by atoms with Crippen LogP contribution in [0.25, 0.3) is 0 Å². The van der Waals surface area contributed by atoms with Crippen LogP contribution < -0.4 is 5.32 Å². The summed E-state index contributed by atoms with van der Waals surface area (Å²) in [6, 6.07) is 6.02. The van der Waals surface area contributed by atoms with Crippen LogP contribution in [0.4, 0.5) is 15.2 Å². The number of nitrogens with zero attached hydrogens (tertiary/aromatic N) is 1. The number of carboxylic acid groups (broad SMARTS) is 1. The number of carbonyl (C=O) groups is 1. The predicted molar refractivity (Wildman–Crippen MR) is 67.9 cm³/mol. The molecule has 0 aliphatic heterocycles. The molecule has 1 aromatic heterocycles. The largest absolute Gasteiger partial charge is 0.481 e. The molecule has 2 N–H and O–H groups in total. The van der Waals surface area contributed by atoms with Gasteiger partial charge in [-0.2, -0.15) is 0 Å². The normalized spacial score (nSPS) is 10.3. The Hall–Kier alpha value is -1.95. The van der Waals surface area contributed by atoms with Crippen LogP contribution in [0.15, 0.2) is 24.3 Å². The minimum absolute atomic E-state index is 0.0473. The van der Waals surface area contributed by atoms with Gasteiger partial charge in [-0.25, -0.2) is 9.37 Å². The number of anilines is 2. The van der Waals surface area contributed by atoms with Crippen molar-refractivity contribution in [1.29, 1.82) is 0 Å². The fourth-order valence-electron chi connectivity index (χ4n) is 1.47. The van der Waals surface area contributed by atoms with E-state index < -0.39 is 5.97 Å². The highest BCUT2D eigenvalue weighted by atomic mass is 32.1. The van der Waals surface area contributed by atoms with Crippen LogP contribution in [0.1, 0.15) is 10.6 Å². The maximum Gasteiger partial charge on any atom is 0.308 e. The molecular weight excluding hydrogens is 255 g/mol. The summed E-state index contributed by atoms with van der Waals surface area (Å²) in [5.41, 5.74) is 1.27. The average Bonchev–Trinajstić information content (AvgIpc) is 2.58. The van der Waals surface area contributed by atoms with Crippen molar-refractivity contribution in [2.45, 2.75) is 13.3 Å². The molecular formula is C12H11FN2O2S. The van der Waals surface area contributed by atoms with Gasteiger partial charge in [0.2, 0.25) is 0 Å². The molecule has 0 saturated carbocycles. The Balaban J connectivity index is 2.17. The Morgan fingerprint density at radius 2 is 2.33 bits per heavy atom. The van der Waals surface area contributed by atoms with Crippen molar-refractivity contribution < 1.29 is 14.3 Å². The lowest BCUT2D eigenvalue weighted by Crippen LogP contribution is -1.99. The molecule has 0 spiro atoms. The van der Waals surface area contributed by atoms with Gasteiger partial charge in [-0.05, 0) is 25.1 Å². The van der Waals surface area contributed by atoms with Crippen LogP contribution in [0.2, 0.25) is 0 Å². The zero-order valence-electron chi connectivity index (χ0n) is 9.61. The number of halogens is 1. The van der Waals surface area contributed by atoms with E-state index in [2.05, 4.69) is 10.3 Å². The van der Waals surface area contributed by atoms with E-state index in [-0.39, 0.29) is 12.2 Å². The number of nitrogens with one attached hydrogen (secondary N) is 1. The number of benzene rings is 1. The van der Waals surface area contributed by atoms with Crippen LogP contribution in [-0.4, -0.2) is 16.1 Å². The summed E-state index contributed by atoms with van der Waals surface area (Å²) >= 11 is 1.26. The molecule has 0 fully saturated rings. The van der Waals surface area contributed by atoms with Gasteiger partial charge in [-0.15, -0.1) is 11.3 Å². The van der Waals surface area contributed by atoms with E-state index in [1.54, 1.807) is 19.1 Å². The lowest BCUT2D eigenvalue weighted by atomic mass is 10.3. The lowest BCUT2D eigenvalue weighted by Gasteiger charge is -2.01. The van der Waals surface area contributed by atoms with Crippen molar-refractivity contribution >= 4 is 28.1 Å². The topological polar surface area (TPSA) is 62.2 Å². The van der Waals surface area contributed by atoms with Crippen molar-refractivity contribution in [3.63, 3.8) is 0 Å². The van der Waals surface area contributed by atoms with Crippen LogP contribution in [0.5, 0.6) is 0 Å². The van der Waals surface area contributed by atoms with Gasteiger partial charge in [0.15, 0.2) is 5.13 Å². The molecule has 2 aromatic rings. The molecule has 6 heteroatoms. The molecule has 0 aliphatic carbocycles. The first-order chi connectivity index (χ1) is 8.54. The lowest BCUT2D eigenvalue weighted by molar-refractivity contribution is -0.136. The van der Waals surface area contributed by atoms with Gasteiger partial charge in [0.05, 0.1) is 12.1 Å². The van der Waals surface area contributed by atoms with E-state index in [1.165, 1.54) is 23.5 Å². The van der Waals surface area contributed by atoms with Gasteiger partial charge in [0.1, 0.15) is 5.82 Å². The molecule has 0 atom stereocenters. The SMILES string of the molecule is Cc1nc(Nc2cccc(F)c2)sc1CC(=O)O. The van der Waals surface area contributed by atoms with Crippen LogP contribution >= 0.6 is 11.3 Å². The van der Waals surface area contributed by atoms with Gasteiger partial charge in [-0.3, -0.25) is 4.79 Å². The number of aliphatic carboxylic acids is 1. The average molecular weight is 266 g/mol. The molecule has 1 aromatic carbocycles. The molecule has 2 rings (SSSR count). The molecule has 0 bridgehead atoms. The Kier molecular flexibility index (Phi) is 3.57. The zero-order chi connectivity index (χ0) is 13.1. The van der Waals surface area contributed by atoms with Gasteiger partial charge < -0.3 is 10.4 Å². The number of carboxylic acids is 1. The predicted octanol–water partition coefficient (Wildman–Crippen LogP) is 2.96.